The van der Waals surface area contributed by atoms with Crippen molar-refractivity contribution in [3.05, 3.63) is 31.5 Å². The van der Waals surface area contributed by atoms with E-state index in [2.05, 4.69) is 20.9 Å². The highest BCUT2D eigenvalue weighted by atomic mass is 79.9. The highest BCUT2D eigenvalue weighted by Crippen LogP contribution is 2.33. The van der Waals surface area contributed by atoms with Crippen LogP contribution in [0.25, 0.3) is 0 Å². The van der Waals surface area contributed by atoms with Crippen molar-refractivity contribution >= 4 is 15.9 Å². The molecule has 1 aromatic heterocycles. The van der Waals surface area contributed by atoms with Gasteiger partial charge in [0.2, 0.25) is 0 Å². The molecule has 0 spiro atoms. The molecule has 0 bridgehead atoms. The number of nitrogens with one attached hydrogen (secondary N) is 1. The Kier molecular flexibility index (Phi) is 3.50. The summed E-state index contributed by atoms with van der Waals surface area (Å²) < 4.78 is 1.67. The summed E-state index contributed by atoms with van der Waals surface area (Å²) in [5.74, 6) is -0.211. The minimum absolute atomic E-state index is 0.100. The first-order valence-electron chi connectivity index (χ1n) is 5.32. The van der Waals surface area contributed by atoms with Crippen molar-refractivity contribution in [3.63, 3.8) is 0 Å². The Balaban J connectivity index is 2.34. The van der Waals surface area contributed by atoms with Crippen molar-refractivity contribution in [2.45, 2.75) is 25.0 Å². The lowest BCUT2D eigenvalue weighted by Crippen LogP contribution is -2.32. The predicted molar refractivity (Wildman–Crippen MR) is 63.9 cm³/mol. The second-order valence-electron chi connectivity index (χ2n) is 4.28. The van der Waals surface area contributed by atoms with Crippen LogP contribution in [-0.4, -0.2) is 32.5 Å². The van der Waals surface area contributed by atoms with E-state index in [0.717, 1.165) is 0 Å². The number of nitrogens with zero attached hydrogens (tertiary/aromatic N) is 1. The molecule has 3 unspecified atom stereocenters. The van der Waals surface area contributed by atoms with E-state index in [1.165, 1.54) is 10.8 Å². The average molecular weight is 305 g/mol. The van der Waals surface area contributed by atoms with Gasteiger partial charge >= 0.3 is 5.69 Å². The molecule has 1 aliphatic carbocycles. The molecule has 7 heteroatoms. The lowest BCUT2D eigenvalue weighted by Gasteiger charge is -2.13. The van der Waals surface area contributed by atoms with Crippen LogP contribution in [0.3, 0.4) is 0 Å². The third-order valence-corrected chi connectivity index (χ3v) is 3.75. The molecule has 1 aliphatic rings. The molecule has 0 aliphatic heterocycles. The SMILES string of the molecule is O=c1[nH]c(=O)n(C2CC(O)C(CO)C2)cc1Br. The second-order valence-corrected chi connectivity index (χ2v) is 5.13. The first-order valence-corrected chi connectivity index (χ1v) is 6.12. The zero-order chi connectivity index (χ0) is 12.6. The van der Waals surface area contributed by atoms with Crippen molar-refractivity contribution in [2.24, 2.45) is 5.92 Å². The minimum Gasteiger partial charge on any atom is -0.396 e. The van der Waals surface area contributed by atoms with Crippen LogP contribution in [0.15, 0.2) is 20.3 Å². The first kappa shape index (κ1) is 12.5. The second kappa shape index (κ2) is 4.75. The van der Waals surface area contributed by atoms with Crippen LogP contribution in [0.4, 0.5) is 0 Å². The molecular weight excluding hydrogens is 292 g/mol. The van der Waals surface area contributed by atoms with E-state index in [1.54, 1.807) is 0 Å². The molecule has 1 aromatic rings. The van der Waals surface area contributed by atoms with Gasteiger partial charge in [0.05, 0.1) is 10.6 Å². The van der Waals surface area contributed by atoms with Gasteiger partial charge in [-0.15, -0.1) is 0 Å². The van der Waals surface area contributed by atoms with Crippen LogP contribution in [0.5, 0.6) is 0 Å². The monoisotopic (exact) mass is 304 g/mol. The molecule has 0 saturated heterocycles. The van der Waals surface area contributed by atoms with E-state index in [4.69, 9.17) is 5.11 Å². The molecule has 1 fully saturated rings. The van der Waals surface area contributed by atoms with Gasteiger partial charge in [0.1, 0.15) is 0 Å². The van der Waals surface area contributed by atoms with Crippen LogP contribution in [-0.2, 0) is 0 Å². The zero-order valence-corrected chi connectivity index (χ0v) is 10.6. The number of hydrogen-bond donors (Lipinski definition) is 3. The number of aromatic nitrogens is 2. The fourth-order valence-corrected chi connectivity index (χ4v) is 2.55. The summed E-state index contributed by atoms with van der Waals surface area (Å²) in [6, 6.07) is -0.192. The highest BCUT2D eigenvalue weighted by Gasteiger charge is 2.34. The summed E-state index contributed by atoms with van der Waals surface area (Å²) in [6.07, 6.45) is 1.75. The lowest BCUT2D eigenvalue weighted by atomic mass is 10.1. The fourth-order valence-electron chi connectivity index (χ4n) is 2.23. The Bertz CT molecular complexity index is 524. The zero-order valence-electron chi connectivity index (χ0n) is 8.97. The normalized spacial score (nSPS) is 28.5. The van der Waals surface area contributed by atoms with Crippen molar-refractivity contribution in [1.29, 1.82) is 0 Å². The number of hydrogen-bond acceptors (Lipinski definition) is 4. The molecule has 6 nitrogen and oxygen atoms in total. The van der Waals surface area contributed by atoms with Gasteiger partial charge < -0.3 is 10.2 Å². The van der Waals surface area contributed by atoms with E-state index >= 15 is 0 Å². The molecule has 3 atom stereocenters. The average Bonchev–Trinajstić information content (AvgIpc) is 2.65. The molecule has 0 radical (unpaired) electrons. The smallest absolute Gasteiger partial charge is 0.328 e. The Hall–Kier alpha value is -0.920. The van der Waals surface area contributed by atoms with Gasteiger partial charge in [0.25, 0.3) is 5.56 Å². The summed E-state index contributed by atoms with van der Waals surface area (Å²) in [5, 5.41) is 18.7. The number of H-pyrrole nitrogens is 1. The van der Waals surface area contributed by atoms with Crippen LogP contribution in [0.1, 0.15) is 18.9 Å². The molecule has 1 saturated carbocycles. The van der Waals surface area contributed by atoms with E-state index in [-0.39, 0.29) is 23.0 Å². The topological polar surface area (TPSA) is 95.3 Å². The third-order valence-electron chi connectivity index (χ3n) is 3.18. The van der Waals surface area contributed by atoms with Gasteiger partial charge in [-0.05, 0) is 28.8 Å². The number of aromatic amines is 1. The van der Waals surface area contributed by atoms with Crippen LogP contribution in [0, 0.1) is 5.92 Å². The Labute approximate surface area is 105 Å². The predicted octanol–water partition coefficient (Wildman–Crippen LogP) is -0.397. The molecule has 0 amide bonds. The van der Waals surface area contributed by atoms with Crippen LogP contribution >= 0.6 is 15.9 Å². The minimum atomic E-state index is -0.609. The van der Waals surface area contributed by atoms with Crippen molar-refractivity contribution in [1.82, 2.24) is 9.55 Å². The van der Waals surface area contributed by atoms with Gasteiger partial charge in [-0.3, -0.25) is 14.3 Å². The van der Waals surface area contributed by atoms with Gasteiger partial charge in [-0.1, -0.05) is 0 Å². The summed E-state index contributed by atoms with van der Waals surface area (Å²) in [5.41, 5.74) is -0.961. The van der Waals surface area contributed by atoms with E-state index < -0.39 is 17.4 Å². The molecule has 3 N–H and O–H groups in total. The van der Waals surface area contributed by atoms with Crippen LogP contribution in [0.2, 0.25) is 0 Å². The summed E-state index contributed by atoms with van der Waals surface area (Å²) in [7, 11) is 0. The summed E-state index contributed by atoms with van der Waals surface area (Å²) in [6.45, 7) is -0.100. The van der Waals surface area contributed by atoms with Crippen LogP contribution < -0.4 is 11.2 Å². The maximum absolute atomic E-state index is 11.6. The fraction of sp³-hybridized carbons (Fsp3) is 0.600. The third kappa shape index (κ3) is 2.36. The van der Waals surface area contributed by atoms with Crippen molar-refractivity contribution in [3.8, 4) is 0 Å². The standard InChI is InChI=1S/C10H13BrN2O4/c11-7-3-13(10(17)12-9(7)16)6-1-5(4-14)8(15)2-6/h3,5-6,8,14-15H,1-2,4H2,(H,12,16,17). The van der Waals surface area contributed by atoms with E-state index in [9.17, 15) is 14.7 Å². The molecular formula is C10H13BrN2O4. The van der Waals surface area contributed by atoms with Crippen molar-refractivity contribution in [2.75, 3.05) is 6.61 Å². The Morgan fingerprint density at radius 2 is 2.18 bits per heavy atom. The van der Waals surface area contributed by atoms with E-state index in [1.807, 2.05) is 0 Å². The molecule has 0 aromatic carbocycles. The number of aliphatic hydroxyl groups excluding tert-OH is 2. The number of halogens is 1. The molecule has 1 heterocycles. The Morgan fingerprint density at radius 3 is 2.76 bits per heavy atom. The first-order chi connectivity index (χ1) is 8.02. The van der Waals surface area contributed by atoms with Crippen molar-refractivity contribution < 1.29 is 10.2 Å². The van der Waals surface area contributed by atoms with Gasteiger partial charge in [-0.2, -0.15) is 0 Å². The number of rotatable bonds is 2. The van der Waals surface area contributed by atoms with E-state index in [0.29, 0.717) is 12.8 Å². The molecule has 17 heavy (non-hydrogen) atoms. The van der Waals surface area contributed by atoms with Gasteiger partial charge in [0, 0.05) is 24.8 Å². The quantitative estimate of drug-likeness (QED) is 0.693. The Morgan fingerprint density at radius 1 is 1.47 bits per heavy atom. The largest absolute Gasteiger partial charge is 0.396 e. The highest BCUT2D eigenvalue weighted by molar-refractivity contribution is 9.10. The van der Waals surface area contributed by atoms with Gasteiger partial charge in [-0.25, -0.2) is 4.79 Å². The number of aliphatic hydroxyl groups is 2. The maximum atomic E-state index is 11.6. The summed E-state index contributed by atoms with van der Waals surface area (Å²) in [4.78, 5) is 25.0. The summed E-state index contributed by atoms with van der Waals surface area (Å²) >= 11 is 3.06. The van der Waals surface area contributed by atoms with Gasteiger partial charge in [0.15, 0.2) is 0 Å². The molecule has 94 valence electrons. The lowest BCUT2D eigenvalue weighted by molar-refractivity contribution is 0.0906. The maximum Gasteiger partial charge on any atom is 0.328 e. The molecule has 2 rings (SSSR count).